The third-order valence-corrected chi connectivity index (χ3v) is 4.65. The molecule has 150 valence electrons. The summed E-state index contributed by atoms with van der Waals surface area (Å²) in [7, 11) is 0. The molecule has 1 aromatic heterocycles. The lowest BCUT2D eigenvalue weighted by Gasteiger charge is -2.25. The quantitative estimate of drug-likeness (QED) is 0.478. The summed E-state index contributed by atoms with van der Waals surface area (Å²) in [5.74, 6) is -1.84. The third-order valence-electron chi connectivity index (χ3n) is 4.39. The molecule has 2 atom stereocenters. The van der Waals surface area contributed by atoms with Crippen LogP contribution in [0, 0.1) is 5.92 Å². The highest BCUT2D eigenvalue weighted by Crippen LogP contribution is 2.19. The predicted molar refractivity (Wildman–Crippen MR) is 111 cm³/mol. The van der Waals surface area contributed by atoms with Crippen molar-refractivity contribution in [2.45, 2.75) is 45.7 Å². The van der Waals surface area contributed by atoms with Gasteiger partial charge in [-0.1, -0.05) is 44.3 Å². The number of aromatic amines is 1. The van der Waals surface area contributed by atoms with Crippen LogP contribution in [-0.2, 0) is 20.8 Å². The van der Waals surface area contributed by atoms with E-state index in [0.717, 1.165) is 16.5 Å². The maximum atomic E-state index is 12.7. The summed E-state index contributed by atoms with van der Waals surface area (Å²) in [6.07, 6.45) is 1.95. The van der Waals surface area contributed by atoms with Crippen molar-refractivity contribution >= 4 is 45.8 Å². The van der Waals surface area contributed by atoms with Gasteiger partial charge in [-0.3, -0.25) is 9.59 Å². The van der Waals surface area contributed by atoms with E-state index in [9.17, 15) is 19.5 Å². The Kier molecular flexibility index (Phi) is 7.28. The van der Waals surface area contributed by atoms with Gasteiger partial charge in [0.1, 0.15) is 17.9 Å². The van der Waals surface area contributed by atoms with Gasteiger partial charge in [-0.2, -0.15) is 0 Å². The van der Waals surface area contributed by atoms with Crippen molar-refractivity contribution in [2.24, 2.45) is 5.92 Å². The molecule has 0 unspecified atom stereocenters. The lowest BCUT2D eigenvalue weighted by atomic mass is 10.0. The van der Waals surface area contributed by atoms with Crippen molar-refractivity contribution < 1.29 is 19.5 Å². The Morgan fingerprint density at radius 2 is 1.86 bits per heavy atom. The van der Waals surface area contributed by atoms with E-state index in [2.05, 4.69) is 15.6 Å². The second-order valence-electron chi connectivity index (χ2n) is 7.13. The standard InChI is InChI=1S/C20H25N3O4S/c1-11(2)18(23-17(28)8-12(3)24)19(25)22-16(20(26)27)9-13-10-21-15-7-5-4-6-14(13)15/h4-7,10-11,16,18,21H,8-9H2,1-3H3,(H,22,25)(H,23,28)(H,26,27)/t16-,18-/m0/s1. The van der Waals surface area contributed by atoms with Crippen LogP contribution in [0.1, 0.15) is 32.8 Å². The van der Waals surface area contributed by atoms with Crippen molar-refractivity contribution in [3.05, 3.63) is 36.0 Å². The average Bonchev–Trinajstić information content (AvgIpc) is 3.01. The molecule has 7 nitrogen and oxygen atoms in total. The van der Waals surface area contributed by atoms with Crippen molar-refractivity contribution in [3.63, 3.8) is 0 Å². The zero-order chi connectivity index (χ0) is 20.8. The first kappa shape index (κ1) is 21.6. The van der Waals surface area contributed by atoms with Gasteiger partial charge in [0.15, 0.2) is 0 Å². The van der Waals surface area contributed by atoms with Crippen LogP contribution in [0.4, 0.5) is 0 Å². The largest absolute Gasteiger partial charge is 0.480 e. The number of nitrogens with one attached hydrogen (secondary N) is 3. The molecule has 0 aliphatic carbocycles. The Balaban J connectivity index is 2.12. The number of rotatable bonds is 9. The van der Waals surface area contributed by atoms with Gasteiger partial charge < -0.3 is 20.7 Å². The minimum Gasteiger partial charge on any atom is -0.480 e. The number of para-hydroxylation sites is 1. The molecule has 0 saturated heterocycles. The summed E-state index contributed by atoms with van der Waals surface area (Å²) in [4.78, 5) is 39.1. The molecule has 0 radical (unpaired) electrons. The molecule has 1 amide bonds. The molecule has 1 aromatic carbocycles. The first-order valence-corrected chi connectivity index (χ1v) is 9.46. The van der Waals surface area contributed by atoms with E-state index in [-0.39, 0.29) is 29.5 Å². The molecule has 28 heavy (non-hydrogen) atoms. The number of thiocarbonyl (C=S) groups is 1. The fraction of sp³-hybridized carbons (Fsp3) is 0.400. The van der Waals surface area contributed by atoms with Gasteiger partial charge >= 0.3 is 5.97 Å². The summed E-state index contributed by atoms with van der Waals surface area (Å²) >= 11 is 5.12. The van der Waals surface area contributed by atoms with Crippen LogP contribution in [0.3, 0.4) is 0 Å². The third kappa shape index (κ3) is 5.63. The molecular formula is C20H25N3O4S. The highest BCUT2D eigenvalue weighted by atomic mass is 32.1. The minimum atomic E-state index is -1.12. The molecule has 1 heterocycles. The number of carboxylic acids is 1. The van der Waals surface area contributed by atoms with E-state index in [0.29, 0.717) is 0 Å². The monoisotopic (exact) mass is 403 g/mol. The molecule has 0 saturated carbocycles. The highest BCUT2D eigenvalue weighted by molar-refractivity contribution is 7.80. The van der Waals surface area contributed by atoms with Gasteiger partial charge in [0, 0.05) is 23.5 Å². The Labute approximate surface area is 168 Å². The van der Waals surface area contributed by atoms with Crippen LogP contribution in [0.15, 0.2) is 30.5 Å². The van der Waals surface area contributed by atoms with Crippen LogP contribution in [0.5, 0.6) is 0 Å². The Morgan fingerprint density at radius 1 is 1.18 bits per heavy atom. The smallest absolute Gasteiger partial charge is 0.326 e. The van der Waals surface area contributed by atoms with Gasteiger partial charge in [-0.15, -0.1) is 0 Å². The average molecular weight is 404 g/mol. The number of hydrogen-bond donors (Lipinski definition) is 4. The second-order valence-corrected chi connectivity index (χ2v) is 7.62. The number of aliphatic carboxylic acids is 1. The lowest BCUT2D eigenvalue weighted by Crippen LogP contribution is -2.54. The highest BCUT2D eigenvalue weighted by Gasteiger charge is 2.28. The number of aromatic nitrogens is 1. The number of fused-ring (bicyclic) bond motifs is 1. The summed E-state index contributed by atoms with van der Waals surface area (Å²) in [5.41, 5.74) is 1.72. The van der Waals surface area contributed by atoms with E-state index in [1.165, 1.54) is 6.92 Å². The number of Topliss-reactive ketones (excluding diaryl/α,β-unsaturated/α-hetero) is 1. The summed E-state index contributed by atoms with van der Waals surface area (Å²) in [6, 6.07) is 5.76. The van der Waals surface area contributed by atoms with Gasteiger partial charge in [-0.25, -0.2) is 4.79 Å². The number of carbonyl (C=O) groups excluding carboxylic acids is 2. The first-order valence-electron chi connectivity index (χ1n) is 9.06. The van der Waals surface area contributed by atoms with Gasteiger partial charge in [0.05, 0.1) is 11.4 Å². The number of benzene rings is 1. The van der Waals surface area contributed by atoms with Crippen LogP contribution in [0.2, 0.25) is 0 Å². The second kappa shape index (κ2) is 9.45. The molecule has 2 aromatic rings. The SMILES string of the molecule is CC(=O)CC(=S)N[C@H](C(=O)N[C@@H](Cc1c[nH]c2ccccc12)C(=O)O)C(C)C. The van der Waals surface area contributed by atoms with E-state index in [1.807, 2.05) is 38.1 Å². The zero-order valence-corrected chi connectivity index (χ0v) is 16.9. The predicted octanol–water partition coefficient (Wildman–Crippen LogP) is 2.20. The van der Waals surface area contributed by atoms with Crippen molar-refractivity contribution in [1.82, 2.24) is 15.6 Å². The summed E-state index contributed by atoms with van der Waals surface area (Å²) < 4.78 is 0. The molecule has 0 fully saturated rings. The van der Waals surface area contributed by atoms with Gasteiger partial charge in [-0.05, 0) is 24.5 Å². The number of amides is 1. The lowest BCUT2D eigenvalue weighted by molar-refractivity contribution is -0.142. The maximum absolute atomic E-state index is 12.7. The number of hydrogen-bond acceptors (Lipinski definition) is 4. The number of ketones is 1. The Hall–Kier alpha value is -2.74. The van der Waals surface area contributed by atoms with E-state index in [4.69, 9.17) is 12.2 Å². The number of carboxylic acid groups (broad SMARTS) is 1. The molecule has 8 heteroatoms. The maximum Gasteiger partial charge on any atom is 0.326 e. The summed E-state index contributed by atoms with van der Waals surface area (Å²) in [6.45, 7) is 5.06. The molecular weight excluding hydrogens is 378 g/mol. The zero-order valence-electron chi connectivity index (χ0n) is 16.1. The van der Waals surface area contributed by atoms with Crippen molar-refractivity contribution in [2.75, 3.05) is 0 Å². The van der Waals surface area contributed by atoms with Crippen LogP contribution in [-0.4, -0.2) is 44.8 Å². The fourth-order valence-electron chi connectivity index (χ4n) is 2.97. The molecule has 0 spiro atoms. The van der Waals surface area contributed by atoms with Crippen LogP contribution < -0.4 is 10.6 Å². The fourth-order valence-corrected chi connectivity index (χ4v) is 3.30. The van der Waals surface area contributed by atoms with Gasteiger partial charge in [0.25, 0.3) is 0 Å². The van der Waals surface area contributed by atoms with Crippen molar-refractivity contribution in [3.8, 4) is 0 Å². The summed E-state index contributed by atoms with van der Waals surface area (Å²) in [5, 5.41) is 16.0. The molecule has 4 N–H and O–H groups in total. The number of H-pyrrole nitrogens is 1. The molecule has 0 aliphatic heterocycles. The normalized spacial score (nSPS) is 13.1. The van der Waals surface area contributed by atoms with Gasteiger partial charge in [0.2, 0.25) is 5.91 Å². The van der Waals surface area contributed by atoms with Crippen LogP contribution in [0.25, 0.3) is 10.9 Å². The van der Waals surface area contributed by atoms with Crippen molar-refractivity contribution in [1.29, 1.82) is 0 Å². The van der Waals surface area contributed by atoms with E-state index < -0.39 is 24.0 Å². The Bertz CT molecular complexity index is 890. The van der Waals surface area contributed by atoms with Crippen LogP contribution >= 0.6 is 12.2 Å². The number of carbonyl (C=O) groups is 3. The Morgan fingerprint density at radius 3 is 2.46 bits per heavy atom. The first-order chi connectivity index (χ1) is 13.2. The molecule has 0 aliphatic rings. The molecule has 0 bridgehead atoms. The molecule has 2 rings (SSSR count). The van der Waals surface area contributed by atoms with E-state index in [1.54, 1.807) is 6.20 Å². The minimum absolute atomic E-state index is 0.0452. The topological polar surface area (TPSA) is 111 Å². The van der Waals surface area contributed by atoms with E-state index >= 15 is 0 Å².